The van der Waals surface area contributed by atoms with E-state index in [2.05, 4.69) is 5.32 Å². The summed E-state index contributed by atoms with van der Waals surface area (Å²) in [6.07, 6.45) is 1.76. The van der Waals surface area contributed by atoms with Gasteiger partial charge in [-0.05, 0) is 50.1 Å². The van der Waals surface area contributed by atoms with Gasteiger partial charge in [0, 0.05) is 36.5 Å². The SMILES string of the molecule is Cc1ccc(C(=O)CCC(=O)Nc2ccc(Cl)c(S(=O)(=O)N3CCCC3)c2)s1. The molecule has 1 aromatic carbocycles. The van der Waals surface area contributed by atoms with Gasteiger partial charge in [-0.25, -0.2) is 8.42 Å². The first-order chi connectivity index (χ1) is 13.3. The summed E-state index contributed by atoms with van der Waals surface area (Å²) < 4.78 is 26.9. The highest BCUT2D eigenvalue weighted by molar-refractivity contribution is 7.89. The first kappa shape index (κ1) is 21.0. The second-order valence-electron chi connectivity index (χ2n) is 6.64. The van der Waals surface area contributed by atoms with Crippen molar-refractivity contribution in [3.8, 4) is 0 Å². The monoisotopic (exact) mass is 440 g/mol. The normalized spacial score (nSPS) is 14.9. The predicted octanol–water partition coefficient (Wildman–Crippen LogP) is 4.10. The number of carbonyl (C=O) groups excluding carboxylic acids is 2. The number of thiophene rings is 1. The van der Waals surface area contributed by atoms with Crippen LogP contribution in [0, 0.1) is 6.92 Å². The standard InChI is InChI=1S/C19H21ClN2O4S2/c1-13-4-8-17(27-13)16(23)7-9-19(24)21-14-5-6-15(20)18(12-14)28(25,26)22-10-2-3-11-22/h4-6,8,12H,2-3,7,9-11H2,1H3,(H,21,24). The van der Waals surface area contributed by atoms with Gasteiger partial charge in [0.15, 0.2) is 5.78 Å². The Labute approximate surface area is 173 Å². The van der Waals surface area contributed by atoms with Crippen LogP contribution in [0.4, 0.5) is 5.69 Å². The molecule has 6 nitrogen and oxygen atoms in total. The van der Waals surface area contributed by atoms with Crippen molar-refractivity contribution in [3.63, 3.8) is 0 Å². The minimum atomic E-state index is -3.69. The summed E-state index contributed by atoms with van der Waals surface area (Å²) in [7, 11) is -3.69. The Morgan fingerprint density at radius 1 is 1.14 bits per heavy atom. The fourth-order valence-electron chi connectivity index (χ4n) is 3.00. The smallest absolute Gasteiger partial charge is 0.244 e. The number of nitrogens with one attached hydrogen (secondary N) is 1. The van der Waals surface area contributed by atoms with Gasteiger partial charge in [-0.3, -0.25) is 9.59 Å². The minimum Gasteiger partial charge on any atom is -0.326 e. The zero-order valence-corrected chi connectivity index (χ0v) is 17.8. The van der Waals surface area contributed by atoms with E-state index in [0.29, 0.717) is 23.7 Å². The summed E-state index contributed by atoms with van der Waals surface area (Å²) in [5.74, 6) is -0.435. The predicted molar refractivity (Wildman–Crippen MR) is 111 cm³/mol. The van der Waals surface area contributed by atoms with Crippen molar-refractivity contribution in [2.75, 3.05) is 18.4 Å². The Bertz CT molecular complexity index is 995. The summed E-state index contributed by atoms with van der Waals surface area (Å²) in [4.78, 5) is 26.0. The molecule has 1 saturated heterocycles. The van der Waals surface area contributed by atoms with Crippen molar-refractivity contribution in [2.24, 2.45) is 0 Å². The molecule has 0 aliphatic carbocycles. The van der Waals surface area contributed by atoms with Gasteiger partial charge in [0.25, 0.3) is 0 Å². The number of sulfonamides is 1. The van der Waals surface area contributed by atoms with E-state index in [-0.39, 0.29) is 34.5 Å². The number of ketones is 1. The van der Waals surface area contributed by atoms with Crippen LogP contribution in [0.15, 0.2) is 35.2 Å². The van der Waals surface area contributed by atoms with E-state index < -0.39 is 10.0 Å². The molecule has 0 spiro atoms. The number of hydrogen-bond acceptors (Lipinski definition) is 5. The molecule has 28 heavy (non-hydrogen) atoms. The van der Waals surface area contributed by atoms with Crippen LogP contribution in [0.5, 0.6) is 0 Å². The zero-order chi connectivity index (χ0) is 20.3. The summed E-state index contributed by atoms with van der Waals surface area (Å²) in [6, 6.07) is 8.01. The van der Waals surface area contributed by atoms with Crippen molar-refractivity contribution >= 4 is 50.3 Å². The van der Waals surface area contributed by atoms with Gasteiger partial charge < -0.3 is 5.32 Å². The second kappa shape index (κ2) is 8.73. The lowest BCUT2D eigenvalue weighted by atomic mass is 10.2. The van der Waals surface area contributed by atoms with Gasteiger partial charge in [0.05, 0.1) is 9.90 Å². The molecule has 0 bridgehead atoms. The molecule has 1 aliphatic heterocycles. The average Bonchev–Trinajstić information content (AvgIpc) is 3.33. The Morgan fingerprint density at radius 3 is 2.50 bits per heavy atom. The third kappa shape index (κ3) is 4.81. The van der Waals surface area contributed by atoms with Crippen LogP contribution >= 0.6 is 22.9 Å². The molecule has 1 aliphatic rings. The maximum absolute atomic E-state index is 12.8. The highest BCUT2D eigenvalue weighted by Gasteiger charge is 2.29. The molecule has 150 valence electrons. The number of halogens is 1. The lowest BCUT2D eigenvalue weighted by Gasteiger charge is -2.17. The van der Waals surface area contributed by atoms with E-state index in [0.717, 1.165) is 17.7 Å². The third-order valence-corrected chi connectivity index (χ3v) is 7.91. The first-order valence-corrected chi connectivity index (χ1v) is 11.6. The summed E-state index contributed by atoms with van der Waals surface area (Å²) in [5.41, 5.74) is 0.339. The molecule has 3 rings (SSSR count). The molecule has 0 unspecified atom stereocenters. The molecule has 1 fully saturated rings. The van der Waals surface area contributed by atoms with Crippen LogP contribution in [0.3, 0.4) is 0 Å². The van der Waals surface area contributed by atoms with Crippen LogP contribution in [0.1, 0.15) is 40.2 Å². The van der Waals surface area contributed by atoms with Gasteiger partial charge in [-0.1, -0.05) is 11.6 Å². The highest BCUT2D eigenvalue weighted by Crippen LogP contribution is 2.29. The molecule has 0 radical (unpaired) electrons. The molecular formula is C19H21ClN2O4S2. The number of amides is 1. The number of anilines is 1. The van der Waals surface area contributed by atoms with Crippen LogP contribution in [0.2, 0.25) is 5.02 Å². The minimum absolute atomic E-state index is 0.0148. The Morgan fingerprint density at radius 2 is 1.86 bits per heavy atom. The molecule has 1 amide bonds. The number of rotatable bonds is 7. The number of hydrogen-bond donors (Lipinski definition) is 1. The van der Waals surface area contributed by atoms with Crippen molar-refractivity contribution < 1.29 is 18.0 Å². The number of carbonyl (C=O) groups is 2. The number of nitrogens with zero attached hydrogens (tertiary/aromatic N) is 1. The van der Waals surface area contributed by atoms with Crippen molar-refractivity contribution in [2.45, 2.75) is 37.5 Å². The molecule has 9 heteroatoms. The van der Waals surface area contributed by atoms with Gasteiger partial charge in [-0.15, -0.1) is 11.3 Å². The molecule has 2 aromatic rings. The fourth-order valence-corrected chi connectivity index (χ4v) is 5.86. The lowest BCUT2D eigenvalue weighted by molar-refractivity contribution is -0.116. The number of Topliss-reactive ketones (excluding diaryl/α,β-unsaturated/α-hetero) is 1. The average molecular weight is 441 g/mol. The lowest BCUT2D eigenvalue weighted by Crippen LogP contribution is -2.28. The molecule has 2 heterocycles. The van der Waals surface area contributed by atoms with E-state index in [1.54, 1.807) is 12.1 Å². The fraction of sp³-hybridized carbons (Fsp3) is 0.368. The van der Waals surface area contributed by atoms with E-state index in [1.807, 2.05) is 13.0 Å². The molecule has 0 atom stereocenters. The second-order valence-corrected chi connectivity index (χ2v) is 10.2. The molecule has 1 aromatic heterocycles. The Hall–Kier alpha value is -1.74. The van der Waals surface area contributed by atoms with Crippen molar-refractivity contribution in [1.29, 1.82) is 0 Å². The van der Waals surface area contributed by atoms with Crippen molar-refractivity contribution in [1.82, 2.24) is 4.31 Å². The van der Waals surface area contributed by atoms with Crippen LogP contribution in [0.25, 0.3) is 0 Å². The maximum atomic E-state index is 12.8. The largest absolute Gasteiger partial charge is 0.326 e. The molecular weight excluding hydrogens is 420 g/mol. The molecule has 1 N–H and O–H groups in total. The maximum Gasteiger partial charge on any atom is 0.244 e. The van der Waals surface area contributed by atoms with Crippen LogP contribution in [-0.2, 0) is 14.8 Å². The van der Waals surface area contributed by atoms with E-state index >= 15 is 0 Å². The third-order valence-electron chi connectivity index (χ3n) is 4.49. The zero-order valence-electron chi connectivity index (χ0n) is 15.4. The van der Waals surface area contributed by atoms with Crippen LogP contribution < -0.4 is 5.32 Å². The van der Waals surface area contributed by atoms with E-state index in [4.69, 9.17) is 11.6 Å². The number of aryl methyl sites for hydroxylation is 1. The van der Waals surface area contributed by atoms with Gasteiger partial charge in [0.1, 0.15) is 4.90 Å². The highest BCUT2D eigenvalue weighted by atomic mass is 35.5. The summed E-state index contributed by atoms with van der Waals surface area (Å²) in [6.45, 7) is 2.86. The van der Waals surface area contributed by atoms with Gasteiger partial charge in [0.2, 0.25) is 15.9 Å². The van der Waals surface area contributed by atoms with E-state index in [1.165, 1.54) is 27.8 Å². The Kier molecular flexibility index (Phi) is 6.54. The van der Waals surface area contributed by atoms with E-state index in [9.17, 15) is 18.0 Å². The summed E-state index contributed by atoms with van der Waals surface area (Å²) in [5, 5.41) is 2.77. The molecule has 0 saturated carbocycles. The van der Waals surface area contributed by atoms with Gasteiger partial charge in [-0.2, -0.15) is 4.31 Å². The first-order valence-electron chi connectivity index (χ1n) is 8.96. The topological polar surface area (TPSA) is 83.5 Å². The van der Waals surface area contributed by atoms with Crippen molar-refractivity contribution in [3.05, 3.63) is 45.1 Å². The van der Waals surface area contributed by atoms with Crippen LogP contribution in [-0.4, -0.2) is 37.5 Å². The summed E-state index contributed by atoms with van der Waals surface area (Å²) >= 11 is 7.51. The Balaban J connectivity index is 1.65. The quantitative estimate of drug-likeness (QED) is 0.657. The van der Waals surface area contributed by atoms with Gasteiger partial charge >= 0.3 is 0 Å². The number of benzene rings is 1.